The molecule has 0 aliphatic heterocycles. The molecule has 1 nitrogen and oxygen atoms in total. The van der Waals surface area contributed by atoms with Gasteiger partial charge in [0.05, 0.1) is 5.69 Å². The fraction of sp³-hybridized carbons (Fsp3) is 0. The molecule has 0 fully saturated rings. The molecule has 0 N–H and O–H groups in total. The third-order valence-corrected chi connectivity index (χ3v) is 3.58. The Morgan fingerprint density at radius 1 is 0.667 bits per heavy atom. The van der Waals surface area contributed by atoms with Crippen LogP contribution in [0.15, 0.2) is 83.9 Å². The molecular weight excluding hydrogens is 278 g/mol. The Hall–Kier alpha value is -2.38. The first-order chi connectivity index (χ1) is 10.3. The zero-order chi connectivity index (χ0) is 14.5. The highest BCUT2D eigenvalue weighted by atomic mass is 35.5. The summed E-state index contributed by atoms with van der Waals surface area (Å²) in [4.78, 5) is 4.46. The predicted molar refractivity (Wildman–Crippen MR) is 90.6 cm³/mol. The van der Waals surface area contributed by atoms with E-state index in [9.17, 15) is 0 Å². The average molecular weight is 292 g/mol. The van der Waals surface area contributed by atoms with Crippen molar-refractivity contribution >= 4 is 23.5 Å². The molecule has 2 heteroatoms. The lowest BCUT2D eigenvalue weighted by Gasteiger charge is -2.02. The average Bonchev–Trinajstić information content (AvgIpc) is 2.55. The van der Waals surface area contributed by atoms with Crippen LogP contribution in [0.1, 0.15) is 5.56 Å². The van der Waals surface area contributed by atoms with Crippen molar-refractivity contribution in [3.05, 3.63) is 89.4 Å². The van der Waals surface area contributed by atoms with Gasteiger partial charge in [0.1, 0.15) is 0 Å². The normalized spacial score (nSPS) is 10.9. The maximum atomic E-state index is 6.10. The first kappa shape index (κ1) is 13.6. The second-order valence-electron chi connectivity index (χ2n) is 4.69. The van der Waals surface area contributed by atoms with Crippen molar-refractivity contribution in [1.82, 2.24) is 0 Å². The van der Waals surface area contributed by atoms with Crippen molar-refractivity contribution in [2.75, 3.05) is 0 Å². The summed E-state index contributed by atoms with van der Waals surface area (Å²) in [7, 11) is 0. The van der Waals surface area contributed by atoms with Gasteiger partial charge in [-0.05, 0) is 29.3 Å². The Kier molecular flexibility index (Phi) is 4.13. The van der Waals surface area contributed by atoms with Gasteiger partial charge in [0, 0.05) is 16.8 Å². The Balaban J connectivity index is 1.81. The van der Waals surface area contributed by atoms with Crippen LogP contribution >= 0.6 is 11.6 Å². The fourth-order valence-electron chi connectivity index (χ4n) is 2.09. The molecule has 0 saturated heterocycles. The van der Waals surface area contributed by atoms with E-state index in [1.807, 2.05) is 54.6 Å². The van der Waals surface area contributed by atoms with Crippen LogP contribution in [-0.2, 0) is 0 Å². The Labute approximate surface area is 129 Å². The van der Waals surface area contributed by atoms with Gasteiger partial charge in [-0.3, -0.25) is 4.99 Å². The molecule has 0 amide bonds. The minimum atomic E-state index is 0.710. The molecule has 0 aliphatic carbocycles. The number of hydrogen-bond donors (Lipinski definition) is 0. The van der Waals surface area contributed by atoms with E-state index in [1.54, 1.807) is 6.21 Å². The number of hydrogen-bond acceptors (Lipinski definition) is 1. The van der Waals surface area contributed by atoms with E-state index in [0.29, 0.717) is 5.02 Å². The summed E-state index contributed by atoms with van der Waals surface area (Å²) in [6, 6.07) is 26.1. The van der Waals surface area contributed by atoms with Crippen LogP contribution in [0, 0.1) is 0 Å². The van der Waals surface area contributed by atoms with Gasteiger partial charge in [-0.25, -0.2) is 0 Å². The fourth-order valence-corrected chi connectivity index (χ4v) is 2.28. The highest BCUT2D eigenvalue weighted by Gasteiger charge is 1.97. The van der Waals surface area contributed by atoms with Crippen LogP contribution in [0.2, 0.25) is 5.02 Å². The van der Waals surface area contributed by atoms with Crippen molar-refractivity contribution < 1.29 is 0 Å². The smallest absolute Gasteiger partial charge is 0.0630 e. The standard InChI is InChI=1S/C19H14ClN/c20-19-9-5-4-8-17(19)14-21-18-12-10-16(11-13-18)15-6-2-1-3-7-15/h1-14H. The van der Waals surface area contributed by atoms with Gasteiger partial charge in [0.2, 0.25) is 0 Å². The summed E-state index contributed by atoms with van der Waals surface area (Å²) in [6.45, 7) is 0. The minimum absolute atomic E-state index is 0.710. The minimum Gasteiger partial charge on any atom is -0.256 e. The van der Waals surface area contributed by atoms with Gasteiger partial charge in [0.25, 0.3) is 0 Å². The van der Waals surface area contributed by atoms with Crippen LogP contribution in [0.4, 0.5) is 5.69 Å². The molecular formula is C19H14ClN. The summed E-state index contributed by atoms with van der Waals surface area (Å²) in [5, 5.41) is 0.710. The summed E-state index contributed by atoms with van der Waals surface area (Å²) in [5.74, 6) is 0. The maximum Gasteiger partial charge on any atom is 0.0630 e. The van der Waals surface area contributed by atoms with Crippen LogP contribution in [-0.4, -0.2) is 6.21 Å². The van der Waals surface area contributed by atoms with Crippen molar-refractivity contribution in [1.29, 1.82) is 0 Å². The second-order valence-corrected chi connectivity index (χ2v) is 5.10. The van der Waals surface area contributed by atoms with E-state index in [0.717, 1.165) is 11.3 Å². The lowest BCUT2D eigenvalue weighted by molar-refractivity contribution is 1.52. The summed E-state index contributed by atoms with van der Waals surface area (Å²) < 4.78 is 0. The largest absolute Gasteiger partial charge is 0.256 e. The van der Waals surface area contributed by atoms with Gasteiger partial charge < -0.3 is 0 Å². The molecule has 0 saturated carbocycles. The van der Waals surface area contributed by atoms with Crippen LogP contribution in [0.25, 0.3) is 11.1 Å². The number of nitrogens with zero attached hydrogens (tertiary/aromatic N) is 1. The van der Waals surface area contributed by atoms with Crippen LogP contribution < -0.4 is 0 Å². The molecule has 3 rings (SSSR count). The summed E-state index contributed by atoms with van der Waals surface area (Å²) >= 11 is 6.10. The molecule has 3 aromatic rings. The Morgan fingerprint density at radius 2 is 1.29 bits per heavy atom. The molecule has 0 spiro atoms. The van der Waals surface area contributed by atoms with E-state index in [-0.39, 0.29) is 0 Å². The van der Waals surface area contributed by atoms with E-state index < -0.39 is 0 Å². The SMILES string of the molecule is Clc1ccccc1C=Nc1ccc(-c2ccccc2)cc1. The third-order valence-electron chi connectivity index (χ3n) is 3.23. The van der Waals surface area contributed by atoms with E-state index in [4.69, 9.17) is 11.6 Å². The van der Waals surface area contributed by atoms with Crippen LogP contribution in [0.3, 0.4) is 0 Å². The number of rotatable bonds is 3. The Bertz CT molecular complexity index is 746. The van der Waals surface area contributed by atoms with E-state index >= 15 is 0 Å². The lowest BCUT2D eigenvalue weighted by atomic mass is 10.1. The van der Waals surface area contributed by atoms with Crippen molar-refractivity contribution in [3.8, 4) is 11.1 Å². The van der Waals surface area contributed by atoms with Gasteiger partial charge in [-0.1, -0.05) is 72.3 Å². The molecule has 0 radical (unpaired) electrons. The predicted octanol–water partition coefficient (Wildman–Crippen LogP) is 5.76. The van der Waals surface area contributed by atoms with Gasteiger partial charge in [0.15, 0.2) is 0 Å². The molecule has 0 aliphatic rings. The van der Waals surface area contributed by atoms with E-state index in [2.05, 4.69) is 29.3 Å². The second kappa shape index (κ2) is 6.38. The lowest BCUT2D eigenvalue weighted by Crippen LogP contribution is -1.81. The topological polar surface area (TPSA) is 12.4 Å². The number of aliphatic imine (C=N–C) groups is 1. The Morgan fingerprint density at radius 3 is 2.00 bits per heavy atom. The molecule has 102 valence electrons. The molecule has 0 atom stereocenters. The molecule has 3 aromatic carbocycles. The van der Waals surface area contributed by atoms with Crippen molar-refractivity contribution in [2.24, 2.45) is 4.99 Å². The van der Waals surface area contributed by atoms with Gasteiger partial charge in [-0.15, -0.1) is 0 Å². The molecule has 0 aromatic heterocycles. The number of benzene rings is 3. The molecule has 0 bridgehead atoms. The van der Waals surface area contributed by atoms with E-state index in [1.165, 1.54) is 11.1 Å². The maximum absolute atomic E-state index is 6.10. The zero-order valence-corrected chi connectivity index (χ0v) is 12.2. The highest BCUT2D eigenvalue weighted by Crippen LogP contribution is 2.22. The summed E-state index contributed by atoms with van der Waals surface area (Å²) in [6.07, 6.45) is 1.79. The van der Waals surface area contributed by atoms with Crippen molar-refractivity contribution in [3.63, 3.8) is 0 Å². The van der Waals surface area contributed by atoms with Crippen molar-refractivity contribution in [2.45, 2.75) is 0 Å². The van der Waals surface area contributed by atoms with Gasteiger partial charge in [-0.2, -0.15) is 0 Å². The number of halogens is 1. The molecule has 21 heavy (non-hydrogen) atoms. The monoisotopic (exact) mass is 291 g/mol. The quantitative estimate of drug-likeness (QED) is 0.544. The third kappa shape index (κ3) is 3.39. The highest BCUT2D eigenvalue weighted by molar-refractivity contribution is 6.33. The van der Waals surface area contributed by atoms with Crippen LogP contribution in [0.5, 0.6) is 0 Å². The molecule has 0 heterocycles. The molecule has 0 unspecified atom stereocenters. The van der Waals surface area contributed by atoms with Gasteiger partial charge >= 0.3 is 0 Å². The first-order valence-corrected chi connectivity index (χ1v) is 7.15. The summed E-state index contributed by atoms with van der Waals surface area (Å²) in [5.41, 5.74) is 4.23. The first-order valence-electron chi connectivity index (χ1n) is 6.77. The zero-order valence-electron chi connectivity index (χ0n) is 11.4.